The molecule has 2 amide bonds. The number of urea groups is 1. The molecule has 1 aromatic rings. The van der Waals surface area contributed by atoms with Crippen LogP contribution in [-0.2, 0) is 19.9 Å². The molecule has 0 radical (unpaired) electrons. The van der Waals surface area contributed by atoms with Gasteiger partial charge in [0.2, 0.25) is 0 Å². The van der Waals surface area contributed by atoms with Crippen molar-refractivity contribution in [1.82, 2.24) is 15.5 Å². The summed E-state index contributed by atoms with van der Waals surface area (Å²) in [6, 6.07) is 9.48. The highest BCUT2D eigenvalue weighted by Gasteiger charge is 2.50. The topological polar surface area (TPSA) is 87.7 Å². The van der Waals surface area contributed by atoms with Gasteiger partial charge in [-0.1, -0.05) is 37.3 Å². The maximum Gasteiger partial charge on any atom is 0.491 e. The molecule has 0 aromatic heterocycles. The van der Waals surface area contributed by atoms with E-state index in [0.29, 0.717) is 12.8 Å². The van der Waals surface area contributed by atoms with Crippen LogP contribution in [0.2, 0.25) is 0 Å². The summed E-state index contributed by atoms with van der Waals surface area (Å²) in [7, 11) is 0. The quantitative estimate of drug-likeness (QED) is 0.557. The molecule has 1 aromatic carbocycles. The molecule has 7 nitrogen and oxygen atoms in total. The van der Waals surface area contributed by atoms with Crippen LogP contribution in [0.1, 0.15) is 38.2 Å². The summed E-state index contributed by atoms with van der Waals surface area (Å²) in [5, 5.41) is 6.45. The fraction of sp³-hybridized carbons (Fsp3) is 0.550. The fourth-order valence-corrected chi connectivity index (χ4v) is 4.36. The van der Waals surface area contributed by atoms with Crippen LogP contribution >= 0.6 is 0 Å². The van der Waals surface area contributed by atoms with E-state index < -0.39 is 36.2 Å². The van der Waals surface area contributed by atoms with Gasteiger partial charge in [-0.3, -0.25) is 0 Å². The number of nitrogens with zero attached hydrogens (tertiary/aromatic N) is 1. The van der Waals surface area contributed by atoms with Gasteiger partial charge < -0.3 is 20.3 Å². The molecule has 1 saturated heterocycles. The molecule has 0 bridgehead atoms. The number of nitrogens with one attached hydrogen (secondary N) is 2. The lowest BCUT2D eigenvalue weighted by Gasteiger charge is -2.45. The van der Waals surface area contributed by atoms with Crippen LogP contribution < -0.4 is 10.6 Å². The highest BCUT2D eigenvalue weighted by molar-refractivity contribution is 5.91. The molecule has 1 spiro atoms. The molecular formula is C20H24F3N3O4. The molecule has 3 rings (SSSR count). The molecule has 0 atom stereocenters. The lowest BCUT2D eigenvalue weighted by molar-refractivity contribution is -0.201. The first-order chi connectivity index (χ1) is 14.1. The van der Waals surface area contributed by atoms with Crippen LogP contribution in [0.25, 0.3) is 0 Å². The largest absolute Gasteiger partial charge is 0.491 e. The standard InChI is InChI=1S/C20H24F3N3O4/c1-2-24-19(14-6-4-3-5-7-14)10-8-18(9-11-19)13-26(17(29)25-18)12-15(27)30-16(28)20(21,22)23/h3-7,24H,2,8-13H2,1H3,(H,25,29). The van der Waals surface area contributed by atoms with Crippen molar-refractivity contribution in [2.45, 2.75) is 49.9 Å². The summed E-state index contributed by atoms with van der Waals surface area (Å²) in [6.07, 6.45) is -2.51. The Morgan fingerprint density at radius 1 is 1.17 bits per heavy atom. The Kier molecular flexibility index (Phi) is 6.07. The monoisotopic (exact) mass is 427 g/mol. The fourth-order valence-electron chi connectivity index (χ4n) is 4.36. The lowest BCUT2D eigenvalue weighted by atomic mass is 9.69. The van der Waals surface area contributed by atoms with Gasteiger partial charge in [-0.05, 0) is 37.8 Å². The summed E-state index contributed by atoms with van der Waals surface area (Å²) < 4.78 is 40.5. The molecule has 2 N–H and O–H groups in total. The second-order valence-corrected chi connectivity index (χ2v) is 7.80. The third kappa shape index (κ3) is 4.58. The number of rotatable bonds is 5. The summed E-state index contributed by atoms with van der Waals surface area (Å²) in [5.41, 5.74) is 0.369. The molecule has 1 heterocycles. The molecule has 1 saturated carbocycles. The number of benzene rings is 1. The van der Waals surface area contributed by atoms with Gasteiger partial charge in [-0.2, -0.15) is 13.2 Å². The zero-order valence-electron chi connectivity index (χ0n) is 16.6. The lowest BCUT2D eigenvalue weighted by Crippen LogP contribution is -2.54. The maximum absolute atomic E-state index is 12.3. The Bertz CT molecular complexity index is 805. The third-order valence-corrected chi connectivity index (χ3v) is 5.81. The van der Waals surface area contributed by atoms with E-state index in [4.69, 9.17) is 0 Å². The van der Waals surface area contributed by atoms with Gasteiger partial charge in [0.1, 0.15) is 6.54 Å². The van der Waals surface area contributed by atoms with Crippen LogP contribution in [0.5, 0.6) is 0 Å². The van der Waals surface area contributed by atoms with Gasteiger partial charge in [0, 0.05) is 12.1 Å². The molecule has 1 aliphatic heterocycles. The Balaban J connectivity index is 1.63. The number of hydrogen-bond donors (Lipinski definition) is 2. The van der Waals surface area contributed by atoms with E-state index in [9.17, 15) is 27.6 Å². The molecule has 0 unspecified atom stereocenters. The molecule has 2 fully saturated rings. The molecule has 1 aliphatic carbocycles. The van der Waals surface area contributed by atoms with E-state index in [-0.39, 0.29) is 12.1 Å². The second kappa shape index (κ2) is 8.25. The van der Waals surface area contributed by atoms with Crippen LogP contribution in [0.15, 0.2) is 30.3 Å². The number of esters is 2. The number of carbonyl (C=O) groups is 3. The van der Waals surface area contributed by atoms with Crippen LogP contribution in [0.4, 0.5) is 18.0 Å². The Labute approximate surface area is 171 Å². The third-order valence-electron chi connectivity index (χ3n) is 5.81. The smallest absolute Gasteiger partial charge is 0.385 e. The number of alkyl halides is 3. The van der Waals surface area contributed by atoms with Crippen molar-refractivity contribution >= 4 is 18.0 Å². The van der Waals surface area contributed by atoms with Crippen molar-refractivity contribution in [2.75, 3.05) is 19.6 Å². The Morgan fingerprint density at radius 2 is 1.80 bits per heavy atom. The van der Waals surface area contributed by atoms with Crippen molar-refractivity contribution in [3.63, 3.8) is 0 Å². The van der Waals surface area contributed by atoms with Crippen molar-refractivity contribution in [2.24, 2.45) is 0 Å². The minimum absolute atomic E-state index is 0.165. The van der Waals surface area contributed by atoms with Crippen LogP contribution in [0, 0.1) is 0 Å². The van der Waals surface area contributed by atoms with Crippen molar-refractivity contribution in [3.05, 3.63) is 35.9 Å². The minimum atomic E-state index is -5.26. The highest BCUT2D eigenvalue weighted by Crippen LogP contribution is 2.43. The average molecular weight is 427 g/mol. The van der Waals surface area contributed by atoms with Crippen molar-refractivity contribution in [1.29, 1.82) is 0 Å². The van der Waals surface area contributed by atoms with Gasteiger partial charge >= 0.3 is 24.1 Å². The van der Waals surface area contributed by atoms with Gasteiger partial charge in [-0.25, -0.2) is 14.4 Å². The molecular weight excluding hydrogens is 403 g/mol. The number of amides is 2. The highest BCUT2D eigenvalue weighted by atomic mass is 19.4. The van der Waals surface area contributed by atoms with E-state index in [0.717, 1.165) is 29.8 Å². The zero-order valence-corrected chi connectivity index (χ0v) is 16.6. The van der Waals surface area contributed by atoms with Gasteiger partial charge in [0.15, 0.2) is 0 Å². The molecule has 10 heteroatoms. The zero-order chi connectivity index (χ0) is 22.0. The van der Waals surface area contributed by atoms with Gasteiger partial charge in [0.05, 0.1) is 5.54 Å². The second-order valence-electron chi connectivity index (χ2n) is 7.80. The number of halogens is 3. The summed E-state index contributed by atoms with van der Waals surface area (Å²) >= 11 is 0. The first-order valence-corrected chi connectivity index (χ1v) is 9.79. The molecule has 30 heavy (non-hydrogen) atoms. The van der Waals surface area contributed by atoms with Crippen LogP contribution in [-0.4, -0.2) is 54.2 Å². The summed E-state index contributed by atoms with van der Waals surface area (Å²) in [6.45, 7) is 2.26. The Morgan fingerprint density at radius 3 is 2.37 bits per heavy atom. The van der Waals surface area contributed by atoms with Gasteiger partial charge in [0.25, 0.3) is 0 Å². The van der Waals surface area contributed by atoms with Gasteiger partial charge in [-0.15, -0.1) is 0 Å². The SMILES string of the molecule is CCNC1(c2ccccc2)CCC2(CC1)CN(CC(=O)OC(=O)C(F)(F)F)C(=O)N2. The average Bonchev–Trinajstić information content (AvgIpc) is 2.99. The van der Waals surface area contributed by atoms with E-state index >= 15 is 0 Å². The normalized spacial score (nSPS) is 26.5. The minimum Gasteiger partial charge on any atom is -0.385 e. The van der Waals surface area contributed by atoms with Crippen molar-refractivity contribution in [3.8, 4) is 0 Å². The first kappa shape index (κ1) is 22.1. The molecule has 2 aliphatic rings. The molecule has 164 valence electrons. The number of ether oxygens (including phenoxy) is 1. The first-order valence-electron chi connectivity index (χ1n) is 9.79. The number of hydrogen-bond acceptors (Lipinski definition) is 5. The predicted molar refractivity (Wildman–Crippen MR) is 100 cm³/mol. The number of carbonyl (C=O) groups excluding carboxylic acids is 3. The summed E-state index contributed by atoms with van der Waals surface area (Å²) in [5.74, 6) is -4.00. The van der Waals surface area contributed by atoms with E-state index in [1.165, 1.54) is 0 Å². The van der Waals surface area contributed by atoms with Crippen LogP contribution in [0.3, 0.4) is 0 Å². The predicted octanol–water partition coefficient (Wildman–Crippen LogP) is 2.46. The summed E-state index contributed by atoms with van der Waals surface area (Å²) in [4.78, 5) is 35.9. The Hall–Kier alpha value is -2.62. The van der Waals surface area contributed by atoms with E-state index in [2.05, 4.69) is 27.5 Å². The van der Waals surface area contributed by atoms with Crippen molar-refractivity contribution < 1.29 is 32.3 Å². The van der Waals surface area contributed by atoms with E-state index in [1.54, 1.807) is 0 Å². The maximum atomic E-state index is 12.3. The van der Waals surface area contributed by atoms with E-state index in [1.807, 2.05) is 25.1 Å².